The molecule has 1 rings (SSSR count). The molecule has 78 valence electrons. The van der Waals surface area contributed by atoms with Crippen molar-refractivity contribution in [3.05, 3.63) is 29.1 Å². The predicted molar refractivity (Wildman–Crippen MR) is 51.7 cm³/mol. The lowest BCUT2D eigenvalue weighted by Gasteiger charge is -2.13. The third kappa shape index (κ3) is 2.02. The van der Waals surface area contributed by atoms with Gasteiger partial charge in [0.1, 0.15) is 0 Å². The first-order valence-electron chi connectivity index (χ1n) is 4.32. The van der Waals surface area contributed by atoms with E-state index in [-0.39, 0.29) is 12.3 Å². The van der Waals surface area contributed by atoms with Gasteiger partial charge < -0.3 is 15.6 Å². The molecule has 4 heteroatoms. The van der Waals surface area contributed by atoms with Crippen LogP contribution in [0.1, 0.15) is 17.2 Å². The van der Waals surface area contributed by atoms with E-state index in [4.69, 9.17) is 10.5 Å². The van der Waals surface area contributed by atoms with Gasteiger partial charge >= 0.3 is 0 Å². The van der Waals surface area contributed by atoms with Crippen LogP contribution in [0.2, 0.25) is 0 Å². The molecule has 0 fully saturated rings. The number of aryl methyl sites for hydroxylation is 1. The molecule has 1 aromatic carbocycles. The molecule has 3 N–H and O–H groups in total. The summed E-state index contributed by atoms with van der Waals surface area (Å²) in [6, 6.07) is 2.80. The summed E-state index contributed by atoms with van der Waals surface area (Å²) < 4.78 is 18.0. The fraction of sp³-hybridized carbons (Fsp3) is 0.400. The number of methoxy groups -OCH3 is 1. The van der Waals surface area contributed by atoms with Crippen molar-refractivity contribution in [2.75, 3.05) is 13.7 Å². The second-order valence-electron chi connectivity index (χ2n) is 3.09. The summed E-state index contributed by atoms with van der Waals surface area (Å²) in [6.07, 6.45) is -0.774. The van der Waals surface area contributed by atoms with Crippen molar-refractivity contribution in [3.8, 4) is 5.75 Å². The Balaban J connectivity index is 3.17. The largest absolute Gasteiger partial charge is 0.494 e. The molecule has 0 aliphatic heterocycles. The maximum absolute atomic E-state index is 13.2. The number of aliphatic hydroxyl groups excluding tert-OH is 1. The average molecular weight is 199 g/mol. The van der Waals surface area contributed by atoms with E-state index >= 15 is 0 Å². The lowest BCUT2D eigenvalue weighted by molar-refractivity contribution is 0.185. The minimum absolute atomic E-state index is 0.107. The van der Waals surface area contributed by atoms with Crippen LogP contribution >= 0.6 is 0 Å². The number of hydrogen-bond acceptors (Lipinski definition) is 3. The van der Waals surface area contributed by atoms with Crippen LogP contribution in [0.5, 0.6) is 5.75 Å². The Morgan fingerprint density at radius 1 is 1.57 bits per heavy atom. The van der Waals surface area contributed by atoms with Crippen LogP contribution in [0.25, 0.3) is 0 Å². The zero-order chi connectivity index (χ0) is 10.7. The molecule has 0 spiro atoms. The highest BCUT2D eigenvalue weighted by molar-refractivity contribution is 5.37. The van der Waals surface area contributed by atoms with Gasteiger partial charge in [-0.25, -0.2) is 4.39 Å². The van der Waals surface area contributed by atoms with Crippen LogP contribution < -0.4 is 10.5 Å². The van der Waals surface area contributed by atoms with E-state index < -0.39 is 11.9 Å². The first-order chi connectivity index (χ1) is 6.60. The van der Waals surface area contributed by atoms with Crippen LogP contribution in [0.15, 0.2) is 12.1 Å². The Morgan fingerprint density at radius 3 is 2.71 bits per heavy atom. The third-order valence-electron chi connectivity index (χ3n) is 2.12. The summed E-state index contributed by atoms with van der Waals surface area (Å²) in [7, 11) is 1.38. The molecule has 0 aliphatic rings. The quantitative estimate of drug-likeness (QED) is 0.767. The van der Waals surface area contributed by atoms with Crippen LogP contribution in [-0.4, -0.2) is 18.8 Å². The van der Waals surface area contributed by atoms with Gasteiger partial charge in [0, 0.05) is 6.54 Å². The molecular weight excluding hydrogens is 185 g/mol. The molecule has 0 saturated heterocycles. The Morgan fingerprint density at radius 2 is 2.21 bits per heavy atom. The van der Waals surface area contributed by atoms with Gasteiger partial charge in [-0.2, -0.15) is 0 Å². The van der Waals surface area contributed by atoms with E-state index in [9.17, 15) is 9.50 Å². The molecule has 3 nitrogen and oxygen atoms in total. The van der Waals surface area contributed by atoms with Crippen molar-refractivity contribution in [3.63, 3.8) is 0 Å². The smallest absolute Gasteiger partial charge is 0.165 e. The van der Waals surface area contributed by atoms with Gasteiger partial charge in [0.15, 0.2) is 11.6 Å². The van der Waals surface area contributed by atoms with Gasteiger partial charge in [0.2, 0.25) is 0 Å². The number of nitrogens with two attached hydrogens (primary N) is 1. The van der Waals surface area contributed by atoms with Gasteiger partial charge in [-0.15, -0.1) is 0 Å². The van der Waals surface area contributed by atoms with E-state index in [2.05, 4.69) is 0 Å². The minimum Gasteiger partial charge on any atom is -0.494 e. The summed E-state index contributed by atoms with van der Waals surface area (Å²) in [6.45, 7) is 1.83. The highest BCUT2D eigenvalue weighted by Crippen LogP contribution is 2.25. The van der Waals surface area contributed by atoms with E-state index in [0.717, 1.165) is 0 Å². The Bertz CT molecular complexity index is 328. The number of hydrogen-bond donors (Lipinski definition) is 2. The lowest BCUT2D eigenvalue weighted by atomic mass is 10.0. The minimum atomic E-state index is -0.774. The topological polar surface area (TPSA) is 55.5 Å². The zero-order valence-corrected chi connectivity index (χ0v) is 8.25. The first-order valence-corrected chi connectivity index (χ1v) is 4.32. The van der Waals surface area contributed by atoms with E-state index in [0.29, 0.717) is 11.1 Å². The van der Waals surface area contributed by atoms with Crippen LogP contribution in [-0.2, 0) is 0 Å². The summed E-state index contributed by atoms with van der Waals surface area (Å²) in [5, 5.41) is 9.52. The molecule has 0 aliphatic carbocycles. The molecule has 14 heavy (non-hydrogen) atoms. The predicted octanol–water partition coefficient (Wildman–Crippen LogP) is 1.13. The van der Waals surface area contributed by atoms with Gasteiger partial charge in [0.25, 0.3) is 0 Å². The number of benzene rings is 1. The van der Waals surface area contributed by atoms with Crippen molar-refractivity contribution < 1.29 is 14.2 Å². The molecule has 0 bridgehead atoms. The van der Waals surface area contributed by atoms with Crippen molar-refractivity contribution in [2.24, 2.45) is 5.73 Å². The highest BCUT2D eigenvalue weighted by atomic mass is 19.1. The maximum Gasteiger partial charge on any atom is 0.165 e. The molecule has 1 aromatic rings. The molecule has 0 saturated carbocycles. The zero-order valence-electron chi connectivity index (χ0n) is 8.25. The van der Waals surface area contributed by atoms with Gasteiger partial charge in [-0.3, -0.25) is 0 Å². The molecule has 0 heterocycles. The normalized spacial score (nSPS) is 12.6. The van der Waals surface area contributed by atoms with Crippen molar-refractivity contribution >= 4 is 0 Å². The molecule has 0 radical (unpaired) electrons. The summed E-state index contributed by atoms with van der Waals surface area (Å²) in [5.41, 5.74) is 6.59. The fourth-order valence-electron chi connectivity index (χ4n) is 1.31. The van der Waals surface area contributed by atoms with Gasteiger partial charge in [0.05, 0.1) is 13.2 Å². The lowest BCUT2D eigenvalue weighted by Crippen LogP contribution is -2.13. The van der Waals surface area contributed by atoms with E-state index in [1.54, 1.807) is 6.92 Å². The van der Waals surface area contributed by atoms with Crippen LogP contribution in [0.4, 0.5) is 4.39 Å². The number of halogens is 1. The Kier molecular flexibility index (Phi) is 3.43. The molecule has 1 atom stereocenters. The third-order valence-corrected chi connectivity index (χ3v) is 2.12. The van der Waals surface area contributed by atoms with E-state index in [1.165, 1.54) is 19.2 Å². The molecular formula is C10H14FNO2. The number of rotatable bonds is 3. The average Bonchev–Trinajstić information content (AvgIpc) is 2.17. The Labute approximate surface area is 82.3 Å². The fourth-order valence-corrected chi connectivity index (χ4v) is 1.31. The monoisotopic (exact) mass is 199 g/mol. The number of ether oxygens (including phenoxy) is 1. The molecule has 1 unspecified atom stereocenters. The summed E-state index contributed by atoms with van der Waals surface area (Å²) >= 11 is 0. The second kappa shape index (κ2) is 4.39. The van der Waals surface area contributed by atoms with Crippen molar-refractivity contribution in [2.45, 2.75) is 13.0 Å². The Hall–Kier alpha value is -1.13. The van der Waals surface area contributed by atoms with Crippen LogP contribution in [0, 0.1) is 12.7 Å². The maximum atomic E-state index is 13.2. The summed E-state index contributed by atoms with van der Waals surface area (Å²) in [4.78, 5) is 0. The van der Waals surface area contributed by atoms with Crippen molar-refractivity contribution in [1.82, 2.24) is 0 Å². The molecule has 0 amide bonds. The van der Waals surface area contributed by atoms with Crippen molar-refractivity contribution in [1.29, 1.82) is 0 Å². The van der Waals surface area contributed by atoms with Crippen LogP contribution in [0.3, 0.4) is 0 Å². The van der Waals surface area contributed by atoms with Gasteiger partial charge in [-0.05, 0) is 30.2 Å². The molecule has 0 aromatic heterocycles. The number of aliphatic hydroxyl groups is 1. The SMILES string of the molecule is COc1cc(C(O)CN)c(C)cc1F. The first kappa shape index (κ1) is 10.9. The highest BCUT2D eigenvalue weighted by Gasteiger charge is 2.13. The van der Waals surface area contributed by atoms with Gasteiger partial charge in [-0.1, -0.05) is 0 Å². The summed E-state index contributed by atoms with van der Waals surface area (Å²) in [5.74, 6) is -0.309. The standard InChI is InChI=1S/C10H14FNO2/c1-6-3-8(11)10(14-2)4-7(6)9(13)5-12/h3-4,9,13H,5,12H2,1-2H3. The second-order valence-corrected chi connectivity index (χ2v) is 3.09. The van der Waals surface area contributed by atoms with E-state index in [1.807, 2.05) is 0 Å².